The lowest BCUT2D eigenvalue weighted by Crippen LogP contribution is -2.48. The summed E-state index contributed by atoms with van der Waals surface area (Å²) >= 11 is 0. The zero-order valence-electron chi connectivity index (χ0n) is 17.0. The average molecular weight is 424 g/mol. The molecule has 29 heavy (non-hydrogen) atoms. The van der Waals surface area contributed by atoms with Crippen LogP contribution in [0.1, 0.15) is 43.7 Å². The second-order valence-electron chi connectivity index (χ2n) is 8.01. The van der Waals surface area contributed by atoms with Crippen molar-refractivity contribution in [2.24, 2.45) is 0 Å². The summed E-state index contributed by atoms with van der Waals surface area (Å²) in [6.07, 6.45) is 1.01. The fraction of sp³-hybridized carbons (Fsp3) is 0.500. The summed E-state index contributed by atoms with van der Waals surface area (Å²) in [5.41, 5.74) is 0.117. The number of benzene rings is 1. The molecule has 1 N–H and O–H groups in total. The maximum absolute atomic E-state index is 14.1. The summed E-state index contributed by atoms with van der Waals surface area (Å²) in [7, 11) is -3.91. The van der Waals surface area contributed by atoms with Gasteiger partial charge >= 0.3 is 0 Å². The van der Waals surface area contributed by atoms with Gasteiger partial charge in [-0.2, -0.15) is 4.31 Å². The van der Waals surface area contributed by atoms with Crippen LogP contribution in [0.3, 0.4) is 0 Å². The lowest BCUT2D eigenvalue weighted by molar-refractivity contribution is -0.124. The van der Waals surface area contributed by atoms with Gasteiger partial charge in [-0.1, -0.05) is 37.2 Å². The van der Waals surface area contributed by atoms with Gasteiger partial charge in [-0.25, -0.2) is 12.8 Å². The predicted octanol–water partition coefficient (Wildman–Crippen LogP) is 2.68. The van der Waals surface area contributed by atoms with E-state index < -0.39 is 21.5 Å². The number of aryl methyl sites for hydroxylation is 2. The van der Waals surface area contributed by atoms with Crippen molar-refractivity contribution in [3.8, 4) is 0 Å². The molecule has 158 valence electrons. The van der Waals surface area contributed by atoms with E-state index in [1.165, 1.54) is 17.3 Å². The number of hydrogen-bond donors (Lipinski definition) is 1. The van der Waals surface area contributed by atoms with Gasteiger partial charge in [-0.05, 0) is 38.3 Å². The third-order valence-electron chi connectivity index (χ3n) is 5.35. The molecule has 1 amide bonds. The SMILES string of the molecule is Cc1noc(C)c1S(=O)(=O)N1CCCC1C(=O)NCC(C)(C)c1ccccc1F. The van der Waals surface area contributed by atoms with Crippen LogP contribution in [0, 0.1) is 19.7 Å². The Kier molecular flexibility index (Phi) is 5.82. The fourth-order valence-corrected chi connectivity index (χ4v) is 5.73. The minimum absolute atomic E-state index is 0.0175. The third-order valence-corrected chi connectivity index (χ3v) is 7.50. The molecule has 0 bridgehead atoms. The fourth-order valence-electron chi connectivity index (χ4n) is 3.78. The van der Waals surface area contributed by atoms with Gasteiger partial charge in [-0.3, -0.25) is 4.79 Å². The molecule has 1 unspecified atom stereocenters. The van der Waals surface area contributed by atoms with E-state index in [0.29, 0.717) is 18.4 Å². The molecule has 0 spiro atoms. The van der Waals surface area contributed by atoms with Gasteiger partial charge in [-0.15, -0.1) is 0 Å². The van der Waals surface area contributed by atoms with Crippen molar-refractivity contribution in [2.75, 3.05) is 13.1 Å². The number of sulfonamides is 1. The van der Waals surface area contributed by atoms with Crippen LogP contribution in [-0.4, -0.2) is 42.9 Å². The number of nitrogens with one attached hydrogen (secondary N) is 1. The highest BCUT2D eigenvalue weighted by Gasteiger charge is 2.42. The van der Waals surface area contributed by atoms with E-state index in [1.807, 2.05) is 13.8 Å². The third kappa shape index (κ3) is 4.06. The highest BCUT2D eigenvalue weighted by molar-refractivity contribution is 7.89. The summed E-state index contributed by atoms with van der Waals surface area (Å²) in [6, 6.07) is 5.62. The lowest BCUT2D eigenvalue weighted by Gasteiger charge is -2.28. The van der Waals surface area contributed by atoms with Crippen molar-refractivity contribution >= 4 is 15.9 Å². The number of halogens is 1. The van der Waals surface area contributed by atoms with E-state index in [-0.39, 0.29) is 41.2 Å². The Bertz CT molecular complexity index is 997. The summed E-state index contributed by atoms with van der Waals surface area (Å²) in [6.45, 7) is 7.20. The normalized spacial score (nSPS) is 18.2. The minimum Gasteiger partial charge on any atom is -0.360 e. The van der Waals surface area contributed by atoms with Crippen LogP contribution < -0.4 is 5.32 Å². The van der Waals surface area contributed by atoms with Gasteiger partial charge in [0, 0.05) is 18.5 Å². The van der Waals surface area contributed by atoms with E-state index in [4.69, 9.17) is 4.52 Å². The second kappa shape index (κ2) is 7.87. The quantitative estimate of drug-likeness (QED) is 0.771. The van der Waals surface area contributed by atoms with Gasteiger partial charge in [0.2, 0.25) is 15.9 Å². The number of carbonyl (C=O) groups excluding carboxylic acids is 1. The molecule has 1 aliphatic rings. The summed E-state index contributed by atoms with van der Waals surface area (Å²) in [5, 5.41) is 6.53. The van der Waals surface area contributed by atoms with Crippen molar-refractivity contribution in [1.29, 1.82) is 0 Å². The zero-order valence-corrected chi connectivity index (χ0v) is 17.8. The molecular formula is C20H26FN3O4S. The Morgan fingerprint density at radius 3 is 2.66 bits per heavy atom. The van der Waals surface area contributed by atoms with Crippen LogP contribution in [0.5, 0.6) is 0 Å². The smallest absolute Gasteiger partial charge is 0.249 e. The van der Waals surface area contributed by atoms with Crippen LogP contribution in [0.4, 0.5) is 4.39 Å². The molecule has 2 heterocycles. The van der Waals surface area contributed by atoms with Crippen molar-refractivity contribution in [2.45, 2.75) is 56.9 Å². The van der Waals surface area contributed by atoms with E-state index in [0.717, 1.165) is 0 Å². The van der Waals surface area contributed by atoms with Crippen molar-refractivity contribution in [1.82, 2.24) is 14.8 Å². The number of hydrogen-bond acceptors (Lipinski definition) is 5. The highest BCUT2D eigenvalue weighted by Crippen LogP contribution is 2.30. The first-order valence-electron chi connectivity index (χ1n) is 9.53. The van der Waals surface area contributed by atoms with E-state index in [2.05, 4.69) is 10.5 Å². The maximum Gasteiger partial charge on any atom is 0.249 e. The number of amides is 1. The summed E-state index contributed by atoms with van der Waals surface area (Å²) in [5.74, 6) is -0.522. The minimum atomic E-state index is -3.91. The molecule has 1 saturated heterocycles. The zero-order chi connectivity index (χ0) is 21.4. The molecule has 1 fully saturated rings. The van der Waals surface area contributed by atoms with Crippen LogP contribution in [0.25, 0.3) is 0 Å². The van der Waals surface area contributed by atoms with Crippen molar-refractivity contribution in [3.63, 3.8) is 0 Å². The first-order valence-corrected chi connectivity index (χ1v) is 11.0. The number of carbonyl (C=O) groups is 1. The topological polar surface area (TPSA) is 92.5 Å². The Morgan fingerprint density at radius 1 is 1.34 bits per heavy atom. The standard InChI is InChI=1S/C20H26FN3O4S/c1-13-18(14(2)28-23-13)29(26,27)24-11-7-10-17(24)19(25)22-12-20(3,4)15-8-5-6-9-16(15)21/h5-6,8-9,17H,7,10-12H2,1-4H3,(H,22,25). The molecular weight excluding hydrogens is 397 g/mol. The molecule has 0 radical (unpaired) electrons. The van der Waals surface area contributed by atoms with Crippen molar-refractivity contribution < 1.29 is 22.1 Å². The number of rotatable bonds is 6. The van der Waals surface area contributed by atoms with Crippen LogP contribution in [-0.2, 0) is 20.2 Å². The molecule has 0 aliphatic carbocycles. The van der Waals surface area contributed by atoms with Gasteiger partial charge in [0.25, 0.3) is 0 Å². The Morgan fingerprint density at radius 2 is 2.03 bits per heavy atom. The Balaban J connectivity index is 1.76. The van der Waals surface area contributed by atoms with Crippen molar-refractivity contribution in [3.05, 3.63) is 47.1 Å². The van der Waals surface area contributed by atoms with Gasteiger partial charge in [0.1, 0.15) is 22.4 Å². The van der Waals surface area contributed by atoms with E-state index in [1.54, 1.807) is 25.1 Å². The first kappa shape index (κ1) is 21.4. The van der Waals surface area contributed by atoms with Crippen LogP contribution in [0.2, 0.25) is 0 Å². The average Bonchev–Trinajstić information content (AvgIpc) is 3.27. The Hall–Kier alpha value is -2.26. The van der Waals surface area contributed by atoms with E-state index in [9.17, 15) is 17.6 Å². The van der Waals surface area contributed by atoms with Gasteiger partial charge in [0.15, 0.2) is 5.76 Å². The highest BCUT2D eigenvalue weighted by atomic mass is 32.2. The largest absolute Gasteiger partial charge is 0.360 e. The Labute approximate surface area is 170 Å². The first-order chi connectivity index (χ1) is 13.6. The molecule has 1 atom stereocenters. The molecule has 1 aliphatic heterocycles. The molecule has 7 nitrogen and oxygen atoms in total. The van der Waals surface area contributed by atoms with Gasteiger partial charge < -0.3 is 9.84 Å². The van der Waals surface area contributed by atoms with Gasteiger partial charge in [0.05, 0.1) is 0 Å². The molecule has 3 rings (SSSR count). The number of aromatic nitrogens is 1. The monoisotopic (exact) mass is 423 g/mol. The summed E-state index contributed by atoms with van der Waals surface area (Å²) in [4.78, 5) is 12.9. The molecule has 2 aromatic rings. The molecule has 9 heteroatoms. The maximum atomic E-state index is 14.1. The molecule has 1 aromatic carbocycles. The lowest BCUT2D eigenvalue weighted by atomic mass is 9.84. The van der Waals surface area contributed by atoms with E-state index >= 15 is 0 Å². The molecule has 0 saturated carbocycles. The molecule has 1 aromatic heterocycles. The summed E-state index contributed by atoms with van der Waals surface area (Å²) < 4.78 is 46.6. The second-order valence-corrected chi connectivity index (χ2v) is 9.84. The predicted molar refractivity (Wildman–Crippen MR) is 105 cm³/mol. The number of nitrogens with zero attached hydrogens (tertiary/aromatic N) is 2. The van der Waals surface area contributed by atoms with Crippen LogP contribution >= 0.6 is 0 Å². The van der Waals surface area contributed by atoms with Crippen LogP contribution in [0.15, 0.2) is 33.7 Å².